The SMILES string of the molecule is CC(C)(C)c1cc(-c2cc(-c3cc4ccoc4cn3)ncn2)[c-]c2ccccc12.CCC(C)(CC)C(=O)/C=C(\O)C(C)(CC)CC.[Ir]. The molecule has 7 heteroatoms. The average Bonchev–Trinajstić information content (AvgIpc) is 3.55. The standard InChI is InChI=1S/C25H20N3O.C15H28O2.Ir/c1-25(2,3)20-11-18(10-16-6-4-5-7-19(16)20)21-13-23(28-15-27-21)22-12-17-8-9-29-24(17)14-26-22;1-7-14(5,8-2)12(16)11-13(17)15(6,9-3)10-4;/h4-9,11-15H,1-3H3;11,16H,7-10H2,1-6H3;/q-1;;/b;12-11-;. The van der Waals surface area contributed by atoms with Crippen molar-refractivity contribution < 1.29 is 34.4 Å². The first-order valence-electron chi connectivity index (χ1n) is 16.4. The maximum absolute atomic E-state index is 12.2. The zero-order valence-corrected chi connectivity index (χ0v) is 31.6. The number of furan rings is 1. The summed E-state index contributed by atoms with van der Waals surface area (Å²) < 4.78 is 5.39. The predicted octanol–water partition coefficient (Wildman–Crippen LogP) is 10.9. The van der Waals surface area contributed by atoms with Crippen LogP contribution in [0.1, 0.15) is 93.6 Å². The number of aromatic nitrogens is 3. The molecule has 3 heterocycles. The second kappa shape index (κ2) is 15.5. The summed E-state index contributed by atoms with van der Waals surface area (Å²) in [5.41, 5.74) is 4.81. The van der Waals surface area contributed by atoms with E-state index in [1.165, 1.54) is 17.0 Å². The van der Waals surface area contributed by atoms with Gasteiger partial charge in [-0.2, -0.15) is 0 Å². The van der Waals surface area contributed by atoms with Crippen molar-refractivity contribution >= 4 is 27.5 Å². The number of nitrogens with zero attached hydrogens (tertiary/aromatic N) is 3. The van der Waals surface area contributed by atoms with Crippen LogP contribution in [0.5, 0.6) is 0 Å². The third-order valence-electron chi connectivity index (χ3n) is 9.73. The van der Waals surface area contributed by atoms with Crippen LogP contribution >= 0.6 is 0 Å². The Morgan fingerprint density at radius 2 is 1.45 bits per heavy atom. The Morgan fingerprint density at radius 3 is 2.09 bits per heavy atom. The minimum absolute atomic E-state index is 0. The summed E-state index contributed by atoms with van der Waals surface area (Å²) in [6, 6.07) is 20.0. The molecule has 5 aromatic rings. The molecule has 0 spiro atoms. The molecule has 0 fully saturated rings. The summed E-state index contributed by atoms with van der Waals surface area (Å²) >= 11 is 0. The first-order chi connectivity index (χ1) is 21.8. The number of rotatable bonds is 9. The minimum atomic E-state index is -0.337. The van der Waals surface area contributed by atoms with Gasteiger partial charge in [-0.15, -0.1) is 29.1 Å². The Balaban J connectivity index is 0.000000290. The second-order valence-corrected chi connectivity index (χ2v) is 13.6. The first-order valence-corrected chi connectivity index (χ1v) is 16.4. The number of ketones is 1. The quantitative estimate of drug-likeness (QED) is 0.0906. The first kappa shape index (κ1) is 37.8. The Morgan fingerprint density at radius 1 is 0.830 bits per heavy atom. The van der Waals surface area contributed by atoms with Crippen molar-refractivity contribution in [3.8, 4) is 22.6 Å². The molecule has 3 aromatic heterocycles. The molecular weight excluding hydrogens is 763 g/mol. The number of hydrogen-bond donors (Lipinski definition) is 1. The molecule has 0 atom stereocenters. The van der Waals surface area contributed by atoms with E-state index in [0.717, 1.165) is 64.7 Å². The van der Waals surface area contributed by atoms with Crippen molar-refractivity contribution in [3.05, 3.63) is 90.8 Å². The molecule has 47 heavy (non-hydrogen) atoms. The fourth-order valence-corrected chi connectivity index (χ4v) is 5.32. The number of pyridine rings is 1. The third-order valence-corrected chi connectivity index (χ3v) is 9.73. The average molecular weight is 811 g/mol. The van der Waals surface area contributed by atoms with Crippen LogP contribution < -0.4 is 0 Å². The van der Waals surface area contributed by atoms with Crippen molar-refractivity contribution in [2.45, 2.75) is 93.4 Å². The van der Waals surface area contributed by atoms with Crippen molar-refractivity contribution in [1.82, 2.24) is 15.0 Å². The number of aliphatic hydroxyl groups excluding tert-OH is 1. The number of hydrogen-bond acceptors (Lipinski definition) is 6. The topological polar surface area (TPSA) is 89.1 Å². The Kier molecular flexibility index (Phi) is 12.4. The molecular formula is C40H48IrN3O3-. The minimum Gasteiger partial charge on any atom is -0.512 e. The summed E-state index contributed by atoms with van der Waals surface area (Å²) in [5, 5.41) is 13.5. The summed E-state index contributed by atoms with van der Waals surface area (Å²) in [6.07, 6.45) is 9.74. The normalized spacial score (nSPS) is 12.4. The van der Waals surface area contributed by atoms with E-state index in [4.69, 9.17) is 4.42 Å². The van der Waals surface area contributed by atoms with Gasteiger partial charge >= 0.3 is 0 Å². The van der Waals surface area contributed by atoms with Gasteiger partial charge in [0.25, 0.3) is 0 Å². The van der Waals surface area contributed by atoms with Crippen molar-refractivity contribution in [2.75, 3.05) is 0 Å². The van der Waals surface area contributed by atoms with Crippen LogP contribution in [0.2, 0.25) is 0 Å². The summed E-state index contributed by atoms with van der Waals surface area (Å²) in [7, 11) is 0. The molecule has 0 saturated carbocycles. The van der Waals surface area contributed by atoms with E-state index in [1.54, 1.807) is 18.8 Å². The van der Waals surface area contributed by atoms with Gasteiger partial charge < -0.3 is 9.52 Å². The molecule has 0 aliphatic rings. The molecule has 1 N–H and O–H groups in total. The van der Waals surface area contributed by atoms with Gasteiger partial charge in [-0.25, -0.2) is 4.98 Å². The Labute approximate surface area is 293 Å². The molecule has 0 unspecified atom stereocenters. The van der Waals surface area contributed by atoms with Crippen LogP contribution in [0.15, 0.2) is 83.6 Å². The van der Waals surface area contributed by atoms with Crippen molar-refractivity contribution in [3.63, 3.8) is 0 Å². The van der Waals surface area contributed by atoms with E-state index in [-0.39, 0.29) is 47.9 Å². The van der Waals surface area contributed by atoms with Crippen molar-refractivity contribution in [2.24, 2.45) is 10.8 Å². The van der Waals surface area contributed by atoms with Gasteiger partial charge in [0.2, 0.25) is 0 Å². The van der Waals surface area contributed by atoms with Crippen LogP contribution in [-0.4, -0.2) is 25.8 Å². The van der Waals surface area contributed by atoms with Crippen LogP contribution in [0.25, 0.3) is 44.4 Å². The second-order valence-electron chi connectivity index (χ2n) is 13.6. The van der Waals surface area contributed by atoms with E-state index in [0.29, 0.717) is 0 Å². The van der Waals surface area contributed by atoms with Gasteiger partial charge in [-0.1, -0.05) is 91.5 Å². The number of benzene rings is 2. The fraction of sp³-hybridized carbons (Fsp3) is 0.400. The van der Waals surface area contributed by atoms with E-state index in [2.05, 4.69) is 66.1 Å². The smallest absolute Gasteiger partial charge is 0.164 e. The van der Waals surface area contributed by atoms with E-state index in [1.807, 2.05) is 65.8 Å². The Hall–Kier alpha value is -3.67. The number of fused-ring (bicyclic) bond motifs is 2. The van der Waals surface area contributed by atoms with Gasteiger partial charge in [0.05, 0.1) is 23.8 Å². The number of allylic oxidation sites excluding steroid dienone is 2. The summed E-state index contributed by atoms with van der Waals surface area (Å²) in [4.78, 5) is 25.6. The summed E-state index contributed by atoms with van der Waals surface area (Å²) in [5.74, 6) is 0.286. The van der Waals surface area contributed by atoms with Gasteiger partial charge in [-0.05, 0) is 49.3 Å². The number of carbonyl (C=O) groups is 1. The van der Waals surface area contributed by atoms with Gasteiger partial charge in [0.1, 0.15) is 12.1 Å². The monoisotopic (exact) mass is 811 g/mol. The molecule has 0 amide bonds. The molecule has 1 radical (unpaired) electrons. The summed E-state index contributed by atoms with van der Waals surface area (Å²) in [6.45, 7) is 18.8. The maximum Gasteiger partial charge on any atom is 0.164 e. The zero-order chi connectivity index (χ0) is 33.7. The van der Waals surface area contributed by atoms with Crippen molar-refractivity contribution in [1.29, 1.82) is 0 Å². The van der Waals surface area contributed by atoms with Crippen LogP contribution in [0.4, 0.5) is 0 Å². The molecule has 0 bridgehead atoms. The molecule has 0 aliphatic carbocycles. The molecule has 2 aromatic carbocycles. The number of carbonyl (C=O) groups excluding carboxylic acids is 1. The molecule has 251 valence electrons. The third kappa shape index (κ3) is 8.44. The fourth-order valence-electron chi connectivity index (χ4n) is 5.32. The van der Waals surface area contributed by atoms with Crippen LogP contribution in [-0.2, 0) is 30.3 Å². The predicted molar refractivity (Wildman–Crippen MR) is 189 cm³/mol. The Bertz CT molecular complexity index is 1840. The molecule has 0 saturated heterocycles. The largest absolute Gasteiger partial charge is 0.512 e. The maximum atomic E-state index is 12.2. The number of aliphatic hydroxyl groups is 1. The van der Waals surface area contributed by atoms with Crippen LogP contribution in [0.3, 0.4) is 0 Å². The molecule has 0 aliphatic heterocycles. The zero-order valence-electron chi connectivity index (χ0n) is 29.2. The van der Waals surface area contributed by atoms with Gasteiger partial charge in [0.15, 0.2) is 11.4 Å². The van der Waals surface area contributed by atoms with Gasteiger partial charge in [0, 0.05) is 48.1 Å². The van der Waals surface area contributed by atoms with Crippen LogP contribution in [0, 0.1) is 16.9 Å². The van der Waals surface area contributed by atoms with E-state index in [9.17, 15) is 9.90 Å². The molecule has 5 rings (SSSR count). The van der Waals surface area contributed by atoms with E-state index < -0.39 is 0 Å². The molecule has 6 nitrogen and oxygen atoms in total. The van der Waals surface area contributed by atoms with E-state index >= 15 is 0 Å². The van der Waals surface area contributed by atoms with Gasteiger partial charge in [-0.3, -0.25) is 14.8 Å².